The lowest BCUT2D eigenvalue weighted by atomic mass is 10.0. The van der Waals surface area contributed by atoms with Crippen molar-refractivity contribution in [2.45, 2.75) is 50.4 Å². The number of imidazole rings is 1. The van der Waals surface area contributed by atoms with E-state index in [4.69, 9.17) is 5.73 Å². The van der Waals surface area contributed by atoms with Crippen molar-refractivity contribution in [3.8, 4) is 5.75 Å². The number of nitrogens with two attached hydrogens (primary N) is 1. The molecule has 3 rings (SSSR count). The first kappa shape index (κ1) is 28.9. The van der Waals surface area contributed by atoms with E-state index in [1.807, 2.05) is 6.07 Å². The summed E-state index contributed by atoms with van der Waals surface area (Å²) in [4.78, 5) is 57.4. The van der Waals surface area contributed by atoms with E-state index in [-0.39, 0.29) is 25.0 Å². The highest BCUT2D eigenvalue weighted by molar-refractivity contribution is 5.94. The van der Waals surface area contributed by atoms with Gasteiger partial charge in [0.2, 0.25) is 17.7 Å². The van der Waals surface area contributed by atoms with Gasteiger partial charge in [-0.05, 0) is 36.6 Å². The average Bonchev–Trinajstić information content (AvgIpc) is 3.42. The zero-order valence-corrected chi connectivity index (χ0v) is 21.3. The maximum absolute atomic E-state index is 13.4. The van der Waals surface area contributed by atoms with Crippen LogP contribution in [0.15, 0.2) is 67.1 Å². The van der Waals surface area contributed by atoms with Crippen molar-refractivity contribution in [3.05, 3.63) is 83.9 Å². The number of rotatable bonds is 13. The summed E-state index contributed by atoms with van der Waals surface area (Å²) < 4.78 is 0. The lowest BCUT2D eigenvalue weighted by Crippen LogP contribution is -2.58. The summed E-state index contributed by atoms with van der Waals surface area (Å²) in [5.74, 6) is -3.07. The second kappa shape index (κ2) is 13.7. The Morgan fingerprint density at radius 1 is 0.846 bits per heavy atom. The number of aromatic hydroxyl groups is 1. The molecule has 0 spiro atoms. The molecule has 0 aliphatic carbocycles. The first-order valence-electron chi connectivity index (χ1n) is 12.3. The van der Waals surface area contributed by atoms with Crippen LogP contribution >= 0.6 is 0 Å². The topological polar surface area (TPSA) is 200 Å². The molecule has 0 fully saturated rings. The Labute approximate surface area is 225 Å². The van der Waals surface area contributed by atoms with Gasteiger partial charge in [0.05, 0.1) is 12.4 Å². The number of phenols is 1. The second-order valence-electron chi connectivity index (χ2n) is 9.14. The van der Waals surface area contributed by atoms with Crippen LogP contribution in [0, 0.1) is 0 Å². The Morgan fingerprint density at radius 3 is 2.05 bits per heavy atom. The highest BCUT2D eigenvalue weighted by Crippen LogP contribution is 2.11. The fourth-order valence-electron chi connectivity index (χ4n) is 3.79. The molecule has 0 bridgehead atoms. The number of aromatic nitrogens is 2. The molecular formula is C27H32N6O6. The van der Waals surface area contributed by atoms with Crippen molar-refractivity contribution >= 4 is 23.7 Å². The molecular weight excluding hydrogens is 504 g/mol. The minimum absolute atomic E-state index is 0.0102. The van der Waals surface area contributed by atoms with E-state index < -0.39 is 47.9 Å². The number of amides is 3. The first-order chi connectivity index (χ1) is 18.6. The number of H-pyrrole nitrogens is 1. The number of carbonyl (C=O) groups is 4. The van der Waals surface area contributed by atoms with E-state index in [9.17, 15) is 29.4 Å². The molecule has 0 saturated carbocycles. The van der Waals surface area contributed by atoms with Crippen molar-refractivity contribution in [1.82, 2.24) is 25.9 Å². The molecule has 12 nitrogen and oxygen atoms in total. The average molecular weight is 537 g/mol. The maximum Gasteiger partial charge on any atom is 0.325 e. The van der Waals surface area contributed by atoms with Gasteiger partial charge in [-0.25, -0.2) is 4.98 Å². The molecule has 0 aliphatic rings. The number of phenolic OH excluding ortho intramolecular Hbond substituents is 1. The molecule has 3 amide bonds. The van der Waals surface area contributed by atoms with Crippen LogP contribution in [0.1, 0.15) is 23.7 Å². The first-order valence-corrected chi connectivity index (χ1v) is 12.3. The van der Waals surface area contributed by atoms with Crippen LogP contribution < -0.4 is 21.7 Å². The van der Waals surface area contributed by atoms with Crippen molar-refractivity contribution in [1.29, 1.82) is 0 Å². The van der Waals surface area contributed by atoms with Crippen molar-refractivity contribution < 1.29 is 29.4 Å². The predicted molar refractivity (Wildman–Crippen MR) is 141 cm³/mol. The Balaban J connectivity index is 1.77. The second-order valence-corrected chi connectivity index (χ2v) is 9.14. The summed E-state index contributed by atoms with van der Waals surface area (Å²) in [6.07, 6.45) is 3.20. The van der Waals surface area contributed by atoms with E-state index >= 15 is 0 Å². The molecule has 206 valence electrons. The summed E-state index contributed by atoms with van der Waals surface area (Å²) in [7, 11) is 0. The summed E-state index contributed by atoms with van der Waals surface area (Å²) in [5, 5.41) is 26.3. The fourth-order valence-corrected chi connectivity index (χ4v) is 3.79. The van der Waals surface area contributed by atoms with Gasteiger partial charge >= 0.3 is 5.97 Å². The predicted octanol–water partition coefficient (Wildman–Crippen LogP) is 0.0294. The fraction of sp³-hybridized carbons (Fsp3) is 0.296. The van der Waals surface area contributed by atoms with Crippen LogP contribution in [-0.2, 0) is 38.4 Å². The normalized spacial score (nSPS) is 13.9. The number of aromatic amines is 1. The van der Waals surface area contributed by atoms with Gasteiger partial charge in [-0.3, -0.25) is 19.2 Å². The molecule has 1 heterocycles. The van der Waals surface area contributed by atoms with Gasteiger partial charge < -0.3 is 36.9 Å². The van der Waals surface area contributed by atoms with Gasteiger partial charge in [0, 0.05) is 24.7 Å². The minimum atomic E-state index is -1.23. The number of hydrogen-bond acceptors (Lipinski definition) is 7. The van der Waals surface area contributed by atoms with Gasteiger partial charge in [-0.1, -0.05) is 42.5 Å². The van der Waals surface area contributed by atoms with E-state index in [0.29, 0.717) is 5.69 Å². The number of nitrogens with one attached hydrogen (secondary N) is 4. The smallest absolute Gasteiger partial charge is 0.325 e. The summed E-state index contributed by atoms with van der Waals surface area (Å²) >= 11 is 0. The van der Waals surface area contributed by atoms with Gasteiger partial charge in [-0.2, -0.15) is 0 Å². The molecule has 39 heavy (non-hydrogen) atoms. The summed E-state index contributed by atoms with van der Waals surface area (Å²) in [6, 6.07) is 10.9. The van der Waals surface area contributed by atoms with E-state index in [0.717, 1.165) is 11.1 Å². The highest BCUT2D eigenvalue weighted by atomic mass is 16.4. The summed E-state index contributed by atoms with van der Waals surface area (Å²) in [5.41, 5.74) is 8.14. The minimum Gasteiger partial charge on any atom is -0.508 e. The largest absolute Gasteiger partial charge is 0.508 e. The molecule has 0 radical (unpaired) electrons. The van der Waals surface area contributed by atoms with Gasteiger partial charge in [0.15, 0.2) is 0 Å². The number of benzene rings is 2. The maximum atomic E-state index is 13.4. The van der Waals surface area contributed by atoms with E-state index in [2.05, 4.69) is 25.9 Å². The van der Waals surface area contributed by atoms with Gasteiger partial charge in [0.1, 0.15) is 23.9 Å². The number of aliphatic carboxylic acids is 1. The van der Waals surface area contributed by atoms with Gasteiger partial charge in [0.25, 0.3) is 0 Å². The summed E-state index contributed by atoms with van der Waals surface area (Å²) in [6.45, 7) is 1.31. The Kier molecular flexibility index (Phi) is 10.2. The SMILES string of the molecule is CC(NC(=O)C(Cc1cnc[nH]1)NC(=O)C(Cc1ccccc1)NC(=O)C(N)Cc1ccc(O)cc1)C(=O)O. The van der Waals surface area contributed by atoms with Crippen LogP contribution in [0.3, 0.4) is 0 Å². The molecule has 4 unspecified atom stereocenters. The van der Waals surface area contributed by atoms with Crippen LogP contribution in [0.2, 0.25) is 0 Å². The zero-order valence-electron chi connectivity index (χ0n) is 21.3. The van der Waals surface area contributed by atoms with E-state index in [1.54, 1.807) is 36.4 Å². The Bertz CT molecular complexity index is 1250. The number of carbonyl (C=O) groups excluding carboxylic acids is 3. The Morgan fingerprint density at radius 2 is 1.44 bits per heavy atom. The molecule has 8 N–H and O–H groups in total. The Hall–Kier alpha value is -4.71. The van der Waals surface area contributed by atoms with Crippen LogP contribution in [0.25, 0.3) is 0 Å². The van der Waals surface area contributed by atoms with Crippen LogP contribution in [-0.4, -0.2) is 68.0 Å². The van der Waals surface area contributed by atoms with Crippen LogP contribution in [0.4, 0.5) is 0 Å². The number of hydrogen-bond donors (Lipinski definition) is 7. The number of carboxylic acids is 1. The lowest BCUT2D eigenvalue weighted by molar-refractivity contribution is -0.141. The molecule has 1 aromatic heterocycles. The third kappa shape index (κ3) is 8.97. The van der Waals surface area contributed by atoms with Crippen LogP contribution in [0.5, 0.6) is 5.75 Å². The van der Waals surface area contributed by atoms with Crippen molar-refractivity contribution in [2.24, 2.45) is 5.73 Å². The lowest BCUT2D eigenvalue weighted by Gasteiger charge is -2.25. The molecule has 12 heteroatoms. The molecule has 0 aliphatic heterocycles. The molecule has 4 atom stereocenters. The monoisotopic (exact) mass is 536 g/mol. The van der Waals surface area contributed by atoms with E-state index in [1.165, 1.54) is 31.6 Å². The van der Waals surface area contributed by atoms with Crippen molar-refractivity contribution in [2.75, 3.05) is 0 Å². The van der Waals surface area contributed by atoms with Gasteiger partial charge in [-0.15, -0.1) is 0 Å². The molecule has 3 aromatic rings. The molecule has 0 saturated heterocycles. The quantitative estimate of drug-likeness (QED) is 0.159. The standard InChI is InChI=1S/C27H32N6O6/c1-16(27(38)39)31-25(36)23(13-19-14-29-15-30-19)33-26(37)22(12-17-5-3-2-4-6-17)32-24(35)21(28)11-18-7-9-20(34)10-8-18/h2-10,14-16,21-23,34H,11-13,28H2,1H3,(H,29,30)(H,31,36)(H,32,35)(H,33,37)(H,38,39). The zero-order chi connectivity index (χ0) is 28.4. The highest BCUT2D eigenvalue weighted by Gasteiger charge is 2.30. The third-order valence-electron chi connectivity index (χ3n) is 5.99. The van der Waals surface area contributed by atoms with Crippen molar-refractivity contribution in [3.63, 3.8) is 0 Å². The number of nitrogens with zero attached hydrogens (tertiary/aromatic N) is 1. The third-order valence-corrected chi connectivity index (χ3v) is 5.99. The number of carboxylic acid groups (broad SMARTS) is 1. The molecule has 2 aromatic carbocycles.